The monoisotopic (exact) mass is 440 g/mol. The third kappa shape index (κ3) is 4.84. The van der Waals surface area contributed by atoms with Gasteiger partial charge in [0, 0.05) is 13.1 Å². The first-order chi connectivity index (χ1) is 13.9. The van der Waals surface area contributed by atoms with Crippen molar-refractivity contribution in [2.24, 2.45) is 0 Å². The molecule has 2 fully saturated rings. The first-order valence-electron chi connectivity index (χ1n) is 9.22. The Bertz CT molecular complexity index is 951. The molecule has 4 rings (SSSR count). The maximum atomic E-state index is 13.3. The largest absolute Gasteiger partial charge is 0.372 e. The van der Waals surface area contributed by atoms with Crippen LogP contribution in [-0.2, 0) is 30.7 Å². The van der Waals surface area contributed by atoms with E-state index in [9.17, 15) is 17.6 Å². The quantitative estimate of drug-likeness (QED) is 0.760. The van der Waals surface area contributed by atoms with Gasteiger partial charge in [-0.05, 0) is 29.1 Å². The molecule has 0 aliphatic carbocycles. The maximum absolute atomic E-state index is 13.3. The summed E-state index contributed by atoms with van der Waals surface area (Å²) in [5.74, 6) is -0.490. The van der Waals surface area contributed by atoms with Crippen molar-refractivity contribution in [2.75, 3.05) is 26.3 Å². The molecular formula is C19H21FN2O5S2. The van der Waals surface area contributed by atoms with E-state index in [-0.39, 0.29) is 47.8 Å². The average Bonchev–Trinajstić information content (AvgIpc) is 3.32. The van der Waals surface area contributed by atoms with Crippen LogP contribution in [-0.4, -0.2) is 63.8 Å². The molecule has 2 aliphatic rings. The van der Waals surface area contributed by atoms with Gasteiger partial charge in [-0.3, -0.25) is 4.79 Å². The molecule has 156 valence electrons. The van der Waals surface area contributed by atoms with Crippen molar-refractivity contribution >= 4 is 27.3 Å². The maximum Gasteiger partial charge on any atom is 0.250 e. The number of ether oxygens (including phenoxy) is 2. The van der Waals surface area contributed by atoms with Gasteiger partial charge in [-0.2, -0.15) is 0 Å². The van der Waals surface area contributed by atoms with Crippen LogP contribution in [0.4, 0.5) is 4.39 Å². The van der Waals surface area contributed by atoms with Gasteiger partial charge >= 0.3 is 0 Å². The summed E-state index contributed by atoms with van der Waals surface area (Å²) >= 11 is 1.15. The Kier molecular flexibility index (Phi) is 5.98. The van der Waals surface area contributed by atoms with Crippen LogP contribution in [0.1, 0.15) is 5.56 Å². The number of amides is 1. The minimum Gasteiger partial charge on any atom is -0.372 e. The summed E-state index contributed by atoms with van der Waals surface area (Å²) in [4.78, 5) is 14.2. The predicted octanol–water partition coefficient (Wildman–Crippen LogP) is 1.40. The third-order valence-corrected chi connectivity index (χ3v) is 7.84. The van der Waals surface area contributed by atoms with Crippen LogP contribution in [0.15, 0.2) is 46.0 Å². The Morgan fingerprint density at radius 3 is 2.52 bits per heavy atom. The molecule has 29 heavy (non-hydrogen) atoms. The zero-order valence-corrected chi connectivity index (χ0v) is 17.1. The number of hydrogen-bond acceptors (Lipinski definition) is 6. The molecule has 0 unspecified atom stereocenters. The molecule has 10 heteroatoms. The zero-order valence-electron chi connectivity index (χ0n) is 15.5. The van der Waals surface area contributed by atoms with Crippen molar-refractivity contribution in [3.63, 3.8) is 0 Å². The minimum absolute atomic E-state index is 0.112. The molecular weight excluding hydrogens is 419 g/mol. The van der Waals surface area contributed by atoms with Crippen molar-refractivity contribution in [3.8, 4) is 0 Å². The second kappa shape index (κ2) is 8.49. The Morgan fingerprint density at radius 2 is 1.90 bits per heavy atom. The SMILES string of the molecule is O=C(Cc1cccc(F)c1)N1C[C@@H]2OCC(NS(=O)(=O)c3cccs3)CO[C@H]2C1. The van der Waals surface area contributed by atoms with Crippen LogP contribution in [0.25, 0.3) is 0 Å². The van der Waals surface area contributed by atoms with Crippen LogP contribution in [0.2, 0.25) is 0 Å². The summed E-state index contributed by atoms with van der Waals surface area (Å²) in [5, 5.41) is 1.70. The van der Waals surface area contributed by atoms with E-state index >= 15 is 0 Å². The number of nitrogens with zero attached hydrogens (tertiary/aromatic N) is 1. The lowest BCUT2D eigenvalue weighted by molar-refractivity contribution is -0.130. The van der Waals surface area contributed by atoms with Crippen LogP contribution in [0.3, 0.4) is 0 Å². The van der Waals surface area contributed by atoms with Crippen molar-refractivity contribution in [1.29, 1.82) is 0 Å². The van der Waals surface area contributed by atoms with Gasteiger partial charge in [0.1, 0.15) is 22.2 Å². The number of carbonyl (C=O) groups excluding carboxylic acids is 1. The zero-order chi connectivity index (χ0) is 20.4. The number of halogens is 1. The number of carbonyl (C=O) groups is 1. The molecule has 0 saturated carbocycles. The molecule has 0 radical (unpaired) electrons. The highest BCUT2D eigenvalue weighted by Crippen LogP contribution is 2.22. The minimum atomic E-state index is -3.61. The fraction of sp³-hybridized carbons (Fsp3) is 0.421. The number of likely N-dealkylation sites (tertiary alicyclic amines) is 1. The van der Waals surface area contributed by atoms with Gasteiger partial charge in [0.25, 0.3) is 0 Å². The molecule has 2 atom stereocenters. The molecule has 2 aliphatic heterocycles. The van der Waals surface area contributed by atoms with Gasteiger partial charge in [0.2, 0.25) is 15.9 Å². The van der Waals surface area contributed by atoms with E-state index in [1.165, 1.54) is 12.1 Å². The second-order valence-corrected chi connectivity index (χ2v) is 9.99. The molecule has 3 heterocycles. The first-order valence-corrected chi connectivity index (χ1v) is 11.6. The average molecular weight is 441 g/mol. The van der Waals surface area contributed by atoms with E-state index in [0.29, 0.717) is 18.7 Å². The highest BCUT2D eigenvalue weighted by Gasteiger charge is 2.39. The van der Waals surface area contributed by atoms with Gasteiger partial charge in [0.05, 0.1) is 25.7 Å². The number of benzene rings is 1. The van der Waals surface area contributed by atoms with E-state index in [2.05, 4.69) is 4.72 Å². The lowest BCUT2D eigenvalue weighted by atomic mass is 10.1. The fourth-order valence-corrected chi connectivity index (χ4v) is 5.71. The molecule has 1 aromatic heterocycles. The Labute approximate surface area is 172 Å². The van der Waals surface area contributed by atoms with E-state index in [1.807, 2.05) is 0 Å². The van der Waals surface area contributed by atoms with Gasteiger partial charge in [-0.15, -0.1) is 11.3 Å². The van der Waals surface area contributed by atoms with Crippen molar-refractivity contribution in [2.45, 2.75) is 28.9 Å². The van der Waals surface area contributed by atoms with Crippen LogP contribution in [0, 0.1) is 5.82 Å². The Hall–Kier alpha value is -1.85. The van der Waals surface area contributed by atoms with Crippen LogP contribution >= 0.6 is 11.3 Å². The lowest BCUT2D eigenvalue weighted by Crippen LogP contribution is -2.41. The molecule has 7 nitrogen and oxygen atoms in total. The number of hydrogen-bond donors (Lipinski definition) is 1. The molecule has 2 aromatic rings. The highest BCUT2D eigenvalue weighted by molar-refractivity contribution is 7.91. The van der Waals surface area contributed by atoms with Crippen LogP contribution in [0.5, 0.6) is 0 Å². The Morgan fingerprint density at radius 1 is 1.17 bits per heavy atom. The Balaban J connectivity index is 1.32. The third-order valence-electron chi connectivity index (χ3n) is 4.92. The summed E-state index contributed by atoms with van der Waals surface area (Å²) in [6, 6.07) is 8.71. The summed E-state index contributed by atoms with van der Waals surface area (Å²) in [6.45, 7) is 1.06. The highest BCUT2D eigenvalue weighted by atomic mass is 32.2. The number of rotatable bonds is 5. The van der Waals surface area contributed by atoms with E-state index in [0.717, 1.165) is 11.3 Å². The standard InChI is InChI=1S/C19H21FN2O5S2/c20-14-4-1-3-13(7-14)8-18(23)22-9-16-17(10-22)27-12-15(11-26-16)21-29(24,25)19-5-2-6-28-19/h1-7,15-17,21H,8-12H2/t16-,17-/m0/s1. The van der Waals surface area contributed by atoms with Gasteiger partial charge < -0.3 is 14.4 Å². The molecule has 0 bridgehead atoms. The summed E-state index contributed by atoms with van der Waals surface area (Å²) in [7, 11) is -3.61. The number of sulfonamides is 1. The van der Waals surface area contributed by atoms with Crippen LogP contribution < -0.4 is 4.72 Å². The number of nitrogens with one attached hydrogen (secondary N) is 1. The predicted molar refractivity (Wildman–Crippen MR) is 105 cm³/mol. The topological polar surface area (TPSA) is 84.9 Å². The molecule has 1 aromatic carbocycles. The van der Waals surface area contributed by atoms with Crippen molar-refractivity contribution in [1.82, 2.24) is 9.62 Å². The molecule has 1 N–H and O–H groups in total. The first kappa shape index (κ1) is 20.4. The van der Waals surface area contributed by atoms with E-state index in [4.69, 9.17) is 9.47 Å². The van der Waals surface area contributed by atoms with E-state index < -0.39 is 16.1 Å². The second-order valence-electron chi connectivity index (χ2n) is 7.10. The van der Waals surface area contributed by atoms with E-state index in [1.54, 1.807) is 34.5 Å². The fourth-order valence-electron chi connectivity index (χ4n) is 3.49. The molecule has 1 amide bonds. The molecule has 0 spiro atoms. The van der Waals surface area contributed by atoms with Gasteiger partial charge in [-0.25, -0.2) is 17.5 Å². The summed E-state index contributed by atoms with van der Waals surface area (Å²) in [6.07, 6.45) is -0.522. The number of fused-ring (bicyclic) bond motifs is 1. The van der Waals surface area contributed by atoms with Gasteiger partial charge in [-0.1, -0.05) is 18.2 Å². The normalized spacial score (nSPS) is 23.0. The lowest BCUT2D eigenvalue weighted by Gasteiger charge is -2.19. The summed E-state index contributed by atoms with van der Waals surface area (Å²) in [5.41, 5.74) is 0.618. The van der Waals surface area contributed by atoms with Gasteiger partial charge in [0.15, 0.2) is 0 Å². The van der Waals surface area contributed by atoms with Crippen molar-refractivity contribution < 1.29 is 27.1 Å². The van der Waals surface area contributed by atoms with Crippen molar-refractivity contribution in [3.05, 3.63) is 53.2 Å². The number of thiophene rings is 1. The summed E-state index contributed by atoms with van der Waals surface area (Å²) < 4.78 is 52.6. The smallest absolute Gasteiger partial charge is 0.250 e. The molecule has 2 saturated heterocycles.